The van der Waals surface area contributed by atoms with Crippen molar-refractivity contribution < 1.29 is 28.8 Å². The van der Waals surface area contributed by atoms with Crippen LogP contribution in [0.1, 0.15) is 53.6 Å². The number of fused-ring (bicyclic) bond motifs is 3. The largest absolute Gasteiger partial charge is 0.481 e. The zero-order chi connectivity index (χ0) is 24.9. The summed E-state index contributed by atoms with van der Waals surface area (Å²) in [6.07, 6.45) is -0.812. The highest BCUT2D eigenvalue weighted by atomic mass is 16.5. The molecule has 0 saturated heterocycles. The number of aromatic nitrogens is 1. The summed E-state index contributed by atoms with van der Waals surface area (Å²) in [5.74, 6) is -1.40. The highest BCUT2D eigenvalue weighted by molar-refractivity contribution is 5.92. The quantitative estimate of drug-likeness (QED) is 0.425. The third-order valence-electron chi connectivity index (χ3n) is 6.06. The number of nitrogens with zero attached hydrogens (tertiary/aromatic N) is 1. The number of aliphatic carboxylic acids is 1. The molecule has 0 saturated carbocycles. The van der Waals surface area contributed by atoms with E-state index in [1.165, 1.54) is 6.07 Å². The van der Waals surface area contributed by atoms with Crippen molar-refractivity contribution in [2.24, 2.45) is 5.92 Å². The molecule has 3 aromatic rings. The third-order valence-corrected chi connectivity index (χ3v) is 6.06. The van der Waals surface area contributed by atoms with Crippen LogP contribution in [0.4, 0.5) is 4.79 Å². The maximum atomic E-state index is 12.4. The van der Waals surface area contributed by atoms with E-state index in [1.807, 2.05) is 50.2 Å². The lowest BCUT2D eigenvalue weighted by Gasteiger charge is -2.19. The molecule has 1 aliphatic carbocycles. The van der Waals surface area contributed by atoms with Crippen molar-refractivity contribution in [3.05, 3.63) is 77.2 Å². The van der Waals surface area contributed by atoms with E-state index in [4.69, 9.17) is 14.4 Å². The molecule has 35 heavy (non-hydrogen) atoms. The maximum absolute atomic E-state index is 12.4. The predicted molar refractivity (Wildman–Crippen MR) is 127 cm³/mol. The van der Waals surface area contributed by atoms with Gasteiger partial charge in [-0.1, -0.05) is 67.5 Å². The fourth-order valence-electron chi connectivity index (χ4n) is 4.20. The number of hydrogen-bond donors (Lipinski definition) is 3. The van der Waals surface area contributed by atoms with Gasteiger partial charge in [0.05, 0.1) is 13.0 Å². The second-order valence-electron chi connectivity index (χ2n) is 8.78. The van der Waals surface area contributed by atoms with Crippen LogP contribution in [0.15, 0.2) is 59.1 Å². The summed E-state index contributed by atoms with van der Waals surface area (Å²) in [6.45, 7) is 3.81. The molecule has 2 aromatic carbocycles. The van der Waals surface area contributed by atoms with E-state index in [0.29, 0.717) is 0 Å². The SMILES string of the molecule is CC(C)C(CC(=O)O)NC(=O)c1cc(CNC(=O)OCC2c3ccccc3-c3ccccc32)on1. The average molecular weight is 478 g/mol. The zero-order valence-corrected chi connectivity index (χ0v) is 19.5. The van der Waals surface area contributed by atoms with Crippen LogP contribution < -0.4 is 10.6 Å². The van der Waals surface area contributed by atoms with Gasteiger partial charge in [-0.25, -0.2) is 4.79 Å². The van der Waals surface area contributed by atoms with Crippen LogP contribution in [-0.2, 0) is 16.1 Å². The minimum Gasteiger partial charge on any atom is -0.481 e. The number of alkyl carbamates (subject to hydrolysis) is 1. The van der Waals surface area contributed by atoms with Gasteiger partial charge in [0.2, 0.25) is 0 Å². The van der Waals surface area contributed by atoms with Gasteiger partial charge in [0, 0.05) is 18.0 Å². The van der Waals surface area contributed by atoms with Gasteiger partial charge in [0.1, 0.15) is 6.61 Å². The van der Waals surface area contributed by atoms with E-state index in [0.717, 1.165) is 22.3 Å². The molecule has 9 heteroatoms. The van der Waals surface area contributed by atoms with E-state index in [-0.39, 0.29) is 42.9 Å². The highest BCUT2D eigenvalue weighted by Crippen LogP contribution is 2.44. The van der Waals surface area contributed by atoms with Crippen molar-refractivity contribution in [2.45, 2.75) is 38.8 Å². The molecule has 0 radical (unpaired) electrons. The van der Waals surface area contributed by atoms with Crippen molar-refractivity contribution >= 4 is 18.0 Å². The number of amides is 2. The number of nitrogens with one attached hydrogen (secondary N) is 2. The van der Waals surface area contributed by atoms with E-state index in [9.17, 15) is 14.4 Å². The van der Waals surface area contributed by atoms with Crippen LogP contribution in [-0.4, -0.2) is 40.9 Å². The Morgan fingerprint density at radius 3 is 2.29 bits per heavy atom. The van der Waals surface area contributed by atoms with Crippen LogP contribution >= 0.6 is 0 Å². The summed E-state index contributed by atoms with van der Waals surface area (Å²) in [4.78, 5) is 35.7. The van der Waals surface area contributed by atoms with Crippen LogP contribution in [0.2, 0.25) is 0 Å². The molecule has 1 aliphatic rings. The van der Waals surface area contributed by atoms with Gasteiger partial charge >= 0.3 is 12.1 Å². The summed E-state index contributed by atoms with van der Waals surface area (Å²) >= 11 is 0. The Kier molecular flexibility index (Phi) is 7.14. The second-order valence-corrected chi connectivity index (χ2v) is 8.78. The first kappa shape index (κ1) is 24.0. The van der Waals surface area contributed by atoms with Crippen LogP contribution in [0, 0.1) is 5.92 Å². The van der Waals surface area contributed by atoms with Crippen molar-refractivity contribution in [3.8, 4) is 11.1 Å². The molecular weight excluding hydrogens is 450 g/mol. The number of benzene rings is 2. The molecule has 0 bridgehead atoms. The third kappa shape index (κ3) is 5.51. The molecule has 9 nitrogen and oxygen atoms in total. The van der Waals surface area contributed by atoms with Gasteiger partial charge in [0.15, 0.2) is 11.5 Å². The first-order valence-electron chi connectivity index (χ1n) is 11.4. The molecular formula is C26H27N3O6. The molecule has 0 aliphatic heterocycles. The summed E-state index contributed by atoms with van der Waals surface area (Å²) < 4.78 is 10.6. The van der Waals surface area contributed by atoms with Crippen molar-refractivity contribution in [3.63, 3.8) is 0 Å². The molecule has 1 aromatic heterocycles. The van der Waals surface area contributed by atoms with E-state index < -0.39 is 24.0 Å². The first-order chi connectivity index (χ1) is 16.8. The van der Waals surface area contributed by atoms with Crippen LogP contribution in [0.25, 0.3) is 11.1 Å². The minimum atomic E-state index is -1.00. The molecule has 0 spiro atoms. The maximum Gasteiger partial charge on any atom is 0.407 e. The van der Waals surface area contributed by atoms with Gasteiger partial charge in [-0.2, -0.15) is 0 Å². The van der Waals surface area contributed by atoms with E-state index in [1.54, 1.807) is 0 Å². The highest BCUT2D eigenvalue weighted by Gasteiger charge is 2.29. The lowest BCUT2D eigenvalue weighted by atomic mass is 9.98. The molecule has 182 valence electrons. The first-order valence-corrected chi connectivity index (χ1v) is 11.4. The monoisotopic (exact) mass is 477 g/mol. The summed E-state index contributed by atoms with van der Waals surface area (Å²) in [5.41, 5.74) is 4.54. The number of carboxylic acids is 1. The molecule has 1 atom stereocenters. The van der Waals surface area contributed by atoms with Gasteiger partial charge in [-0.15, -0.1) is 0 Å². The Labute approximate surface area is 202 Å². The number of hydrogen-bond acceptors (Lipinski definition) is 6. The second kappa shape index (κ2) is 10.4. The smallest absolute Gasteiger partial charge is 0.407 e. The Morgan fingerprint density at radius 2 is 1.69 bits per heavy atom. The topological polar surface area (TPSA) is 131 Å². The van der Waals surface area contributed by atoms with Crippen LogP contribution in [0.5, 0.6) is 0 Å². The van der Waals surface area contributed by atoms with Gasteiger partial charge in [0.25, 0.3) is 5.91 Å². The number of rotatable bonds is 9. The standard InChI is InChI=1S/C26H27N3O6/c1-15(2)22(12-24(30)31)28-25(32)23-11-16(35-29-23)13-27-26(33)34-14-21-19-9-5-3-7-17(19)18-8-4-6-10-20(18)21/h3-11,15,21-22H,12-14H2,1-2H3,(H,27,33)(H,28,32)(H,30,31). The van der Waals surface area contributed by atoms with Crippen molar-refractivity contribution in [2.75, 3.05) is 6.61 Å². The Morgan fingerprint density at radius 1 is 1.06 bits per heavy atom. The lowest BCUT2D eigenvalue weighted by molar-refractivity contribution is -0.137. The Hall–Kier alpha value is -4.14. The summed E-state index contributed by atoms with van der Waals surface area (Å²) in [5, 5.41) is 18.0. The minimum absolute atomic E-state index is 0.00498. The fraction of sp³-hybridized carbons (Fsp3) is 0.308. The lowest BCUT2D eigenvalue weighted by Crippen LogP contribution is -2.40. The molecule has 0 fully saturated rings. The van der Waals surface area contributed by atoms with Gasteiger partial charge < -0.3 is 25.0 Å². The number of ether oxygens (including phenoxy) is 1. The number of carbonyl (C=O) groups excluding carboxylic acids is 2. The number of carbonyl (C=O) groups is 3. The van der Waals surface area contributed by atoms with E-state index >= 15 is 0 Å². The summed E-state index contributed by atoms with van der Waals surface area (Å²) in [7, 11) is 0. The van der Waals surface area contributed by atoms with Gasteiger partial charge in [-0.3, -0.25) is 9.59 Å². The molecule has 1 unspecified atom stereocenters. The zero-order valence-electron chi connectivity index (χ0n) is 19.5. The van der Waals surface area contributed by atoms with Crippen molar-refractivity contribution in [1.29, 1.82) is 0 Å². The Bertz CT molecular complexity index is 1190. The Balaban J connectivity index is 1.30. The van der Waals surface area contributed by atoms with Crippen molar-refractivity contribution in [1.82, 2.24) is 15.8 Å². The number of carboxylic acid groups (broad SMARTS) is 1. The average Bonchev–Trinajstić information content (AvgIpc) is 3.44. The molecule has 4 rings (SSSR count). The fourth-order valence-corrected chi connectivity index (χ4v) is 4.20. The normalized spacial score (nSPS) is 13.1. The van der Waals surface area contributed by atoms with E-state index in [2.05, 4.69) is 27.9 Å². The predicted octanol–water partition coefficient (Wildman–Crippen LogP) is 3.94. The van der Waals surface area contributed by atoms with Gasteiger partial charge in [-0.05, 0) is 28.2 Å². The molecule has 3 N–H and O–H groups in total. The molecule has 1 heterocycles. The van der Waals surface area contributed by atoms with Crippen LogP contribution in [0.3, 0.4) is 0 Å². The summed E-state index contributed by atoms with van der Waals surface area (Å²) in [6, 6.07) is 17.0. The molecule has 2 amide bonds.